The Morgan fingerprint density at radius 2 is 1.72 bits per heavy atom. The molecule has 2 aromatic rings. The molecule has 0 aliphatic rings. The average molecular weight is 237 g/mol. The number of hydrogen-bond donors (Lipinski definition) is 0. The van der Waals surface area contributed by atoms with Crippen molar-refractivity contribution in [2.45, 2.75) is 20.8 Å². The number of nitriles is 1. The van der Waals surface area contributed by atoms with E-state index < -0.39 is 0 Å². The minimum Gasteiger partial charge on any atom is -0.457 e. The molecule has 2 rings (SSSR count). The molecule has 0 fully saturated rings. The molecule has 0 saturated carbocycles. The van der Waals surface area contributed by atoms with Gasteiger partial charge in [-0.25, -0.2) is 0 Å². The van der Waals surface area contributed by atoms with Crippen molar-refractivity contribution >= 4 is 0 Å². The fraction of sp³-hybridized carbons (Fsp3) is 0.188. The highest BCUT2D eigenvalue weighted by Crippen LogP contribution is 2.27. The van der Waals surface area contributed by atoms with Crippen molar-refractivity contribution in [3.8, 4) is 17.6 Å². The number of benzene rings is 2. The first-order valence-corrected chi connectivity index (χ1v) is 5.86. The lowest BCUT2D eigenvalue weighted by Gasteiger charge is -2.10. The van der Waals surface area contributed by atoms with Crippen molar-refractivity contribution in [1.29, 1.82) is 5.26 Å². The second-order valence-electron chi connectivity index (χ2n) is 4.46. The summed E-state index contributed by atoms with van der Waals surface area (Å²) >= 11 is 0. The quantitative estimate of drug-likeness (QED) is 0.781. The van der Waals surface area contributed by atoms with Gasteiger partial charge in [0.2, 0.25) is 0 Å². The van der Waals surface area contributed by atoms with Gasteiger partial charge in [0.05, 0.1) is 11.6 Å². The first-order valence-electron chi connectivity index (χ1n) is 5.86. The fourth-order valence-corrected chi connectivity index (χ4v) is 1.77. The van der Waals surface area contributed by atoms with Gasteiger partial charge in [-0.1, -0.05) is 12.1 Å². The minimum atomic E-state index is 0.684. The molecule has 0 radical (unpaired) electrons. The van der Waals surface area contributed by atoms with Gasteiger partial charge in [0, 0.05) is 0 Å². The summed E-state index contributed by atoms with van der Waals surface area (Å²) in [4.78, 5) is 0. The third kappa shape index (κ3) is 2.52. The Morgan fingerprint density at radius 1 is 0.944 bits per heavy atom. The molecule has 0 bridgehead atoms. The van der Waals surface area contributed by atoms with Crippen LogP contribution in [0, 0.1) is 32.1 Å². The molecule has 2 heteroatoms. The highest BCUT2D eigenvalue weighted by Gasteiger charge is 2.04. The lowest BCUT2D eigenvalue weighted by atomic mass is 10.1. The lowest BCUT2D eigenvalue weighted by molar-refractivity contribution is 0.478. The van der Waals surface area contributed by atoms with Crippen LogP contribution in [0.2, 0.25) is 0 Å². The first kappa shape index (κ1) is 12.2. The van der Waals surface area contributed by atoms with Crippen LogP contribution >= 0.6 is 0 Å². The number of nitrogens with zero attached hydrogens (tertiary/aromatic N) is 1. The SMILES string of the molecule is Cc1ccc(C)c(Oc2ccc(C#N)c(C)c2)c1. The van der Waals surface area contributed by atoms with E-state index in [1.807, 2.05) is 45.0 Å². The molecule has 0 saturated heterocycles. The molecule has 0 aliphatic carbocycles. The molecule has 0 aromatic heterocycles. The Morgan fingerprint density at radius 3 is 2.39 bits per heavy atom. The third-order valence-corrected chi connectivity index (χ3v) is 2.89. The van der Waals surface area contributed by atoms with Crippen molar-refractivity contribution in [3.05, 3.63) is 58.7 Å². The van der Waals surface area contributed by atoms with Crippen molar-refractivity contribution in [2.75, 3.05) is 0 Å². The van der Waals surface area contributed by atoms with Gasteiger partial charge >= 0.3 is 0 Å². The van der Waals surface area contributed by atoms with E-state index in [0.29, 0.717) is 5.56 Å². The van der Waals surface area contributed by atoms with Gasteiger partial charge in [-0.3, -0.25) is 0 Å². The normalized spacial score (nSPS) is 9.89. The van der Waals surface area contributed by atoms with E-state index in [4.69, 9.17) is 10.00 Å². The van der Waals surface area contributed by atoms with Gasteiger partial charge in [-0.15, -0.1) is 0 Å². The van der Waals surface area contributed by atoms with E-state index in [9.17, 15) is 0 Å². The molecular weight excluding hydrogens is 222 g/mol. The summed E-state index contributed by atoms with van der Waals surface area (Å²) in [5.41, 5.74) is 3.88. The Hall–Kier alpha value is -2.27. The molecular formula is C16H15NO. The standard InChI is InChI=1S/C16H15NO/c1-11-4-5-12(2)16(8-11)18-15-7-6-14(10-17)13(3)9-15/h4-9H,1-3H3. The molecule has 18 heavy (non-hydrogen) atoms. The lowest BCUT2D eigenvalue weighted by Crippen LogP contribution is -1.90. The fourth-order valence-electron chi connectivity index (χ4n) is 1.77. The van der Waals surface area contributed by atoms with Crippen LogP contribution in [0.25, 0.3) is 0 Å². The molecule has 0 unspecified atom stereocenters. The Bertz CT molecular complexity index is 623. The monoisotopic (exact) mass is 237 g/mol. The summed E-state index contributed by atoms with van der Waals surface area (Å²) in [6.07, 6.45) is 0. The highest BCUT2D eigenvalue weighted by atomic mass is 16.5. The summed E-state index contributed by atoms with van der Waals surface area (Å²) in [6, 6.07) is 13.8. The van der Waals surface area contributed by atoms with E-state index in [-0.39, 0.29) is 0 Å². The Labute approximate surface area is 107 Å². The molecule has 2 aromatic carbocycles. The largest absolute Gasteiger partial charge is 0.457 e. The van der Waals surface area contributed by atoms with Crippen LogP contribution in [0.1, 0.15) is 22.3 Å². The van der Waals surface area contributed by atoms with Crippen LogP contribution in [0.5, 0.6) is 11.5 Å². The molecule has 0 amide bonds. The molecule has 0 aliphatic heterocycles. The predicted molar refractivity (Wildman–Crippen MR) is 71.9 cm³/mol. The van der Waals surface area contributed by atoms with Crippen LogP contribution in [-0.2, 0) is 0 Å². The zero-order chi connectivity index (χ0) is 13.1. The van der Waals surface area contributed by atoms with Crippen molar-refractivity contribution in [2.24, 2.45) is 0 Å². The van der Waals surface area contributed by atoms with Crippen molar-refractivity contribution < 1.29 is 4.74 Å². The van der Waals surface area contributed by atoms with Crippen molar-refractivity contribution in [1.82, 2.24) is 0 Å². The summed E-state index contributed by atoms with van der Waals surface area (Å²) in [7, 11) is 0. The average Bonchev–Trinajstić information content (AvgIpc) is 2.34. The molecule has 90 valence electrons. The number of aryl methyl sites for hydroxylation is 3. The molecule has 0 N–H and O–H groups in total. The van der Waals surface area contributed by atoms with Gasteiger partial charge in [0.15, 0.2) is 0 Å². The molecule has 0 heterocycles. The van der Waals surface area contributed by atoms with E-state index in [0.717, 1.165) is 22.6 Å². The number of rotatable bonds is 2. The van der Waals surface area contributed by atoms with E-state index >= 15 is 0 Å². The second-order valence-corrected chi connectivity index (χ2v) is 4.46. The summed E-state index contributed by atoms with van der Waals surface area (Å²) in [5, 5.41) is 8.89. The Kier molecular flexibility index (Phi) is 3.34. The zero-order valence-corrected chi connectivity index (χ0v) is 10.8. The van der Waals surface area contributed by atoms with Gasteiger partial charge in [0.25, 0.3) is 0 Å². The molecule has 0 spiro atoms. The topological polar surface area (TPSA) is 33.0 Å². The van der Waals surface area contributed by atoms with Gasteiger partial charge in [-0.05, 0) is 61.7 Å². The first-order chi connectivity index (χ1) is 8.60. The number of ether oxygens (including phenoxy) is 1. The number of hydrogen-bond acceptors (Lipinski definition) is 2. The maximum absolute atomic E-state index is 8.89. The summed E-state index contributed by atoms with van der Waals surface area (Å²) in [5.74, 6) is 1.62. The van der Waals surface area contributed by atoms with Crippen LogP contribution in [0.15, 0.2) is 36.4 Å². The zero-order valence-electron chi connectivity index (χ0n) is 10.8. The van der Waals surface area contributed by atoms with Crippen LogP contribution in [0.3, 0.4) is 0 Å². The van der Waals surface area contributed by atoms with Gasteiger partial charge in [-0.2, -0.15) is 5.26 Å². The van der Waals surface area contributed by atoms with E-state index in [1.165, 1.54) is 5.56 Å². The van der Waals surface area contributed by atoms with Gasteiger partial charge < -0.3 is 4.74 Å². The summed E-state index contributed by atoms with van der Waals surface area (Å²) < 4.78 is 5.86. The van der Waals surface area contributed by atoms with Crippen LogP contribution < -0.4 is 4.74 Å². The predicted octanol–water partition coefficient (Wildman–Crippen LogP) is 4.28. The second kappa shape index (κ2) is 4.93. The minimum absolute atomic E-state index is 0.684. The highest BCUT2D eigenvalue weighted by molar-refractivity contribution is 5.45. The summed E-state index contributed by atoms with van der Waals surface area (Å²) in [6.45, 7) is 5.97. The van der Waals surface area contributed by atoms with E-state index in [1.54, 1.807) is 6.07 Å². The van der Waals surface area contributed by atoms with Crippen molar-refractivity contribution in [3.63, 3.8) is 0 Å². The Balaban J connectivity index is 2.32. The third-order valence-electron chi connectivity index (χ3n) is 2.89. The maximum atomic E-state index is 8.89. The van der Waals surface area contributed by atoms with Crippen LogP contribution in [-0.4, -0.2) is 0 Å². The molecule has 0 atom stereocenters. The maximum Gasteiger partial charge on any atom is 0.130 e. The van der Waals surface area contributed by atoms with Gasteiger partial charge in [0.1, 0.15) is 11.5 Å². The molecule has 2 nitrogen and oxygen atoms in total. The van der Waals surface area contributed by atoms with E-state index in [2.05, 4.69) is 12.1 Å². The smallest absolute Gasteiger partial charge is 0.130 e. The van der Waals surface area contributed by atoms with Crippen LogP contribution in [0.4, 0.5) is 0 Å².